The number of carbonyl (C=O) groups excluding carboxylic acids is 2. The van der Waals surface area contributed by atoms with Crippen LogP contribution in [-0.4, -0.2) is 23.5 Å². The van der Waals surface area contributed by atoms with Gasteiger partial charge in [0.15, 0.2) is 6.61 Å². The average Bonchev–Trinajstić information content (AvgIpc) is 3.04. The summed E-state index contributed by atoms with van der Waals surface area (Å²) in [7, 11) is 0. The fourth-order valence-corrected chi connectivity index (χ4v) is 3.16. The third-order valence-corrected chi connectivity index (χ3v) is 4.50. The van der Waals surface area contributed by atoms with E-state index in [-0.39, 0.29) is 11.4 Å². The Bertz CT molecular complexity index is 968. The van der Waals surface area contributed by atoms with Crippen LogP contribution in [0.15, 0.2) is 48.7 Å². The van der Waals surface area contributed by atoms with Crippen molar-refractivity contribution in [2.45, 2.75) is 19.3 Å². The van der Waals surface area contributed by atoms with Crippen molar-refractivity contribution in [1.82, 2.24) is 4.98 Å². The summed E-state index contributed by atoms with van der Waals surface area (Å²) >= 11 is 11.7. The van der Waals surface area contributed by atoms with Crippen LogP contribution in [0.3, 0.4) is 0 Å². The zero-order valence-electron chi connectivity index (χ0n) is 14.3. The van der Waals surface area contributed by atoms with Gasteiger partial charge in [0, 0.05) is 28.5 Å². The van der Waals surface area contributed by atoms with Crippen LogP contribution in [0.2, 0.25) is 10.0 Å². The molecule has 0 unspecified atom stereocenters. The predicted octanol–water partition coefficient (Wildman–Crippen LogP) is 4.95. The maximum absolute atomic E-state index is 11.8. The maximum Gasteiger partial charge on any atom is 0.351 e. The summed E-state index contributed by atoms with van der Waals surface area (Å²) in [5.41, 5.74) is 2.19. The molecule has 0 fully saturated rings. The number of hydrogen-bond donors (Lipinski definition) is 1. The van der Waals surface area contributed by atoms with Crippen molar-refractivity contribution in [3.05, 3.63) is 64.3 Å². The quantitative estimate of drug-likeness (QED) is 0.446. The number of benzene rings is 2. The molecule has 3 rings (SSSR count). The van der Waals surface area contributed by atoms with E-state index in [1.807, 2.05) is 30.5 Å². The number of carbonyl (C=O) groups is 2. The molecule has 0 atom stereocenters. The molecule has 1 N–H and O–H groups in total. The second kappa shape index (κ2) is 8.93. The van der Waals surface area contributed by atoms with Gasteiger partial charge in [-0.15, -0.1) is 0 Å². The van der Waals surface area contributed by atoms with E-state index in [1.54, 1.807) is 12.1 Å². The molecule has 140 valence electrons. The number of rotatable bonds is 7. The first kappa shape index (κ1) is 19.3. The van der Waals surface area contributed by atoms with Crippen molar-refractivity contribution in [2.75, 3.05) is 6.61 Å². The van der Waals surface area contributed by atoms with Gasteiger partial charge in [0.1, 0.15) is 5.75 Å². The Balaban J connectivity index is 1.41. The van der Waals surface area contributed by atoms with E-state index in [0.717, 1.165) is 16.5 Å². The summed E-state index contributed by atoms with van der Waals surface area (Å²) < 4.78 is 10.0. The molecule has 2 aromatic carbocycles. The standard InChI is InChI=1S/C20H17Cl2NO4/c21-14-8-9-18(16(22)10-14)26-12-20(25)27-19(24)7-3-4-13-11-23-17-6-2-1-5-15(13)17/h1-2,5-6,8-11,23H,3-4,7,12H2. The van der Waals surface area contributed by atoms with E-state index in [4.69, 9.17) is 32.7 Å². The number of hydrogen-bond acceptors (Lipinski definition) is 4. The smallest absolute Gasteiger partial charge is 0.351 e. The van der Waals surface area contributed by atoms with Crippen molar-refractivity contribution in [3.8, 4) is 5.75 Å². The lowest BCUT2D eigenvalue weighted by Crippen LogP contribution is -2.19. The highest BCUT2D eigenvalue weighted by Gasteiger charge is 2.13. The Labute approximate surface area is 166 Å². The van der Waals surface area contributed by atoms with Gasteiger partial charge in [0.25, 0.3) is 0 Å². The zero-order chi connectivity index (χ0) is 19.2. The number of aromatic nitrogens is 1. The third kappa shape index (κ3) is 5.25. The van der Waals surface area contributed by atoms with Gasteiger partial charge in [-0.1, -0.05) is 41.4 Å². The fourth-order valence-electron chi connectivity index (χ4n) is 2.70. The molecule has 0 bridgehead atoms. The summed E-state index contributed by atoms with van der Waals surface area (Å²) in [6.07, 6.45) is 3.37. The van der Waals surface area contributed by atoms with Crippen LogP contribution in [0.25, 0.3) is 10.9 Å². The number of ether oxygens (including phenoxy) is 2. The Hall–Kier alpha value is -2.50. The number of aromatic amines is 1. The maximum atomic E-state index is 11.8. The van der Waals surface area contributed by atoms with Gasteiger partial charge in [-0.25, -0.2) is 4.79 Å². The van der Waals surface area contributed by atoms with E-state index >= 15 is 0 Å². The number of aryl methyl sites for hydroxylation is 1. The minimum atomic E-state index is -0.766. The van der Waals surface area contributed by atoms with Gasteiger partial charge in [-0.3, -0.25) is 4.79 Å². The first-order valence-corrected chi connectivity index (χ1v) is 9.15. The molecular weight excluding hydrogens is 389 g/mol. The Morgan fingerprint density at radius 2 is 1.85 bits per heavy atom. The molecule has 0 spiro atoms. The first-order chi connectivity index (χ1) is 13.0. The van der Waals surface area contributed by atoms with Crippen LogP contribution < -0.4 is 4.74 Å². The molecule has 5 nitrogen and oxygen atoms in total. The van der Waals surface area contributed by atoms with E-state index in [0.29, 0.717) is 23.6 Å². The molecule has 1 aromatic heterocycles. The monoisotopic (exact) mass is 405 g/mol. The van der Waals surface area contributed by atoms with Gasteiger partial charge in [-0.2, -0.15) is 0 Å². The van der Waals surface area contributed by atoms with Crippen LogP contribution in [0.5, 0.6) is 5.75 Å². The van der Waals surface area contributed by atoms with Crippen LogP contribution >= 0.6 is 23.2 Å². The molecule has 0 aliphatic heterocycles. The molecule has 27 heavy (non-hydrogen) atoms. The molecule has 0 saturated heterocycles. The Kier molecular flexibility index (Phi) is 6.37. The molecular formula is C20H17Cl2NO4. The van der Waals surface area contributed by atoms with E-state index < -0.39 is 18.5 Å². The van der Waals surface area contributed by atoms with Crippen LogP contribution in [0.4, 0.5) is 0 Å². The highest BCUT2D eigenvalue weighted by molar-refractivity contribution is 6.35. The molecule has 0 aliphatic rings. The van der Waals surface area contributed by atoms with Crippen molar-refractivity contribution in [1.29, 1.82) is 0 Å². The number of halogens is 2. The van der Waals surface area contributed by atoms with E-state index in [2.05, 4.69) is 4.98 Å². The minimum Gasteiger partial charge on any atom is -0.480 e. The summed E-state index contributed by atoms with van der Waals surface area (Å²) in [5, 5.41) is 1.87. The van der Waals surface area contributed by atoms with Gasteiger partial charge < -0.3 is 14.5 Å². The number of nitrogens with one attached hydrogen (secondary N) is 1. The summed E-state index contributed by atoms with van der Waals surface area (Å²) in [6, 6.07) is 12.6. The third-order valence-electron chi connectivity index (χ3n) is 3.97. The Morgan fingerprint density at radius 3 is 2.67 bits per heavy atom. The first-order valence-electron chi connectivity index (χ1n) is 8.39. The lowest BCUT2D eigenvalue weighted by molar-refractivity contribution is -0.161. The molecule has 0 amide bonds. The van der Waals surface area contributed by atoms with Gasteiger partial charge in [0.2, 0.25) is 0 Å². The van der Waals surface area contributed by atoms with Crippen molar-refractivity contribution in [3.63, 3.8) is 0 Å². The predicted molar refractivity (Wildman–Crippen MR) is 104 cm³/mol. The van der Waals surface area contributed by atoms with Gasteiger partial charge in [0.05, 0.1) is 5.02 Å². The second-order valence-electron chi connectivity index (χ2n) is 5.92. The Morgan fingerprint density at radius 1 is 1.04 bits per heavy atom. The summed E-state index contributed by atoms with van der Waals surface area (Å²) in [5.74, 6) is -1.05. The SMILES string of the molecule is O=C(CCCc1c[nH]c2ccccc12)OC(=O)COc1ccc(Cl)cc1Cl. The highest BCUT2D eigenvalue weighted by Crippen LogP contribution is 2.27. The van der Waals surface area contributed by atoms with Crippen LogP contribution in [-0.2, 0) is 20.7 Å². The minimum absolute atomic E-state index is 0.146. The summed E-state index contributed by atoms with van der Waals surface area (Å²) in [6.45, 7) is -0.407. The largest absolute Gasteiger partial charge is 0.480 e. The normalized spacial score (nSPS) is 10.7. The molecule has 3 aromatic rings. The average molecular weight is 406 g/mol. The topological polar surface area (TPSA) is 68.4 Å². The number of H-pyrrole nitrogens is 1. The number of fused-ring (bicyclic) bond motifs is 1. The van der Waals surface area contributed by atoms with Crippen molar-refractivity contribution in [2.24, 2.45) is 0 Å². The van der Waals surface area contributed by atoms with Crippen LogP contribution in [0, 0.1) is 0 Å². The second-order valence-corrected chi connectivity index (χ2v) is 6.77. The highest BCUT2D eigenvalue weighted by atomic mass is 35.5. The molecule has 0 radical (unpaired) electrons. The van der Waals surface area contributed by atoms with Crippen molar-refractivity contribution >= 4 is 46.0 Å². The molecule has 7 heteroatoms. The molecule has 0 aliphatic carbocycles. The number of esters is 2. The zero-order valence-corrected chi connectivity index (χ0v) is 15.8. The van der Waals surface area contributed by atoms with Crippen LogP contribution in [0.1, 0.15) is 18.4 Å². The van der Waals surface area contributed by atoms with E-state index in [1.165, 1.54) is 6.07 Å². The van der Waals surface area contributed by atoms with Gasteiger partial charge in [-0.05, 0) is 42.7 Å². The lowest BCUT2D eigenvalue weighted by atomic mass is 10.1. The molecule has 0 saturated carbocycles. The molecule has 1 heterocycles. The summed E-state index contributed by atoms with van der Waals surface area (Å²) in [4.78, 5) is 26.7. The lowest BCUT2D eigenvalue weighted by Gasteiger charge is -2.07. The van der Waals surface area contributed by atoms with Crippen molar-refractivity contribution < 1.29 is 19.1 Å². The number of para-hydroxylation sites is 1. The van der Waals surface area contributed by atoms with Gasteiger partial charge >= 0.3 is 11.9 Å². The fraction of sp³-hybridized carbons (Fsp3) is 0.200. The van der Waals surface area contributed by atoms with E-state index in [9.17, 15) is 9.59 Å².